The Morgan fingerprint density at radius 2 is 1.95 bits per heavy atom. The molecule has 0 aromatic heterocycles. The Hall–Kier alpha value is -1.56. The Morgan fingerprint density at radius 1 is 1.32 bits per heavy atom. The zero-order valence-corrected chi connectivity index (χ0v) is 12.9. The Bertz CT molecular complexity index is 502. The van der Waals surface area contributed by atoms with Gasteiger partial charge in [-0.05, 0) is 23.6 Å². The van der Waals surface area contributed by atoms with Crippen LogP contribution in [0.5, 0.6) is 0 Å². The van der Waals surface area contributed by atoms with Crippen LogP contribution in [0.25, 0.3) is 0 Å². The monoisotopic (exact) mass is 317 g/mol. The summed E-state index contributed by atoms with van der Waals surface area (Å²) in [6, 6.07) is 4.49. The third kappa shape index (κ3) is 5.02. The number of rotatable bonds is 6. The summed E-state index contributed by atoms with van der Waals surface area (Å²) in [7, 11) is 0. The number of amides is 1. The van der Waals surface area contributed by atoms with E-state index in [9.17, 15) is 23.1 Å². The number of hydrogen-bond acceptors (Lipinski definition) is 2. The maximum Gasteiger partial charge on any atom is 0.416 e. The van der Waals surface area contributed by atoms with Crippen molar-refractivity contribution in [1.29, 1.82) is 0 Å². The van der Waals surface area contributed by atoms with Gasteiger partial charge in [0.2, 0.25) is 5.91 Å². The molecule has 0 saturated heterocycles. The van der Waals surface area contributed by atoms with Gasteiger partial charge < -0.3 is 10.4 Å². The summed E-state index contributed by atoms with van der Waals surface area (Å²) in [5.74, 6) is -0.218. The number of nitrogens with one attached hydrogen (secondary N) is 1. The number of carbonyl (C=O) groups is 1. The van der Waals surface area contributed by atoms with Crippen molar-refractivity contribution in [3.63, 3.8) is 0 Å². The predicted octanol–water partition coefficient (Wildman–Crippen LogP) is 3.54. The summed E-state index contributed by atoms with van der Waals surface area (Å²) in [4.78, 5) is 11.9. The highest BCUT2D eigenvalue weighted by atomic mass is 19.4. The topological polar surface area (TPSA) is 49.3 Å². The van der Waals surface area contributed by atoms with Gasteiger partial charge in [-0.2, -0.15) is 13.2 Å². The fourth-order valence-electron chi connectivity index (χ4n) is 2.01. The largest absolute Gasteiger partial charge is 0.416 e. The molecule has 0 radical (unpaired) electrons. The van der Waals surface area contributed by atoms with Gasteiger partial charge in [0.05, 0.1) is 11.7 Å². The van der Waals surface area contributed by atoms with Gasteiger partial charge in [0, 0.05) is 12.5 Å². The average Bonchev–Trinajstić information content (AvgIpc) is 2.49. The van der Waals surface area contributed by atoms with Crippen molar-refractivity contribution < 1.29 is 23.1 Å². The SMILES string of the molecule is CCC(C)C(C)C(=O)NCC(O)c1cccc(C(F)(F)F)c1. The van der Waals surface area contributed by atoms with Gasteiger partial charge >= 0.3 is 6.18 Å². The van der Waals surface area contributed by atoms with Crippen molar-refractivity contribution in [2.24, 2.45) is 11.8 Å². The Labute approximate surface area is 128 Å². The van der Waals surface area contributed by atoms with E-state index >= 15 is 0 Å². The molecule has 3 unspecified atom stereocenters. The summed E-state index contributed by atoms with van der Waals surface area (Å²) >= 11 is 0. The molecule has 0 saturated carbocycles. The van der Waals surface area contributed by atoms with Crippen LogP contribution in [0.1, 0.15) is 44.4 Å². The number of alkyl halides is 3. The molecule has 2 N–H and O–H groups in total. The third-order valence-electron chi connectivity index (χ3n) is 3.98. The molecular formula is C16H22F3NO2. The highest BCUT2D eigenvalue weighted by molar-refractivity contribution is 5.78. The Kier molecular flexibility index (Phi) is 6.41. The second-order valence-electron chi connectivity index (χ2n) is 5.56. The van der Waals surface area contributed by atoms with Crippen molar-refractivity contribution >= 4 is 5.91 Å². The van der Waals surface area contributed by atoms with Crippen LogP contribution in [-0.2, 0) is 11.0 Å². The molecule has 0 aliphatic rings. The molecule has 124 valence electrons. The molecule has 0 aliphatic carbocycles. The molecule has 22 heavy (non-hydrogen) atoms. The van der Waals surface area contributed by atoms with Crippen LogP contribution < -0.4 is 5.32 Å². The number of benzene rings is 1. The summed E-state index contributed by atoms with van der Waals surface area (Å²) in [6.07, 6.45) is -4.77. The summed E-state index contributed by atoms with van der Waals surface area (Å²) in [6.45, 7) is 5.61. The first-order valence-corrected chi connectivity index (χ1v) is 7.29. The summed E-state index contributed by atoms with van der Waals surface area (Å²) in [5.41, 5.74) is -0.685. The van der Waals surface area contributed by atoms with Gasteiger partial charge in [0.1, 0.15) is 0 Å². The van der Waals surface area contributed by atoms with Crippen molar-refractivity contribution in [2.75, 3.05) is 6.54 Å². The molecule has 3 atom stereocenters. The molecule has 1 amide bonds. The van der Waals surface area contributed by atoms with Crippen LogP contribution in [0.2, 0.25) is 0 Å². The lowest BCUT2D eigenvalue weighted by Gasteiger charge is -2.19. The van der Waals surface area contributed by atoms with Gasteiger partial charge in [-0.3, -0.25) is 4.79 Å². The first-order valence-electron chi connectivity index (χ1n) is 7.29. The smallest absolute Gasteiger partial charge is 0.387 e. The minimum atomic E-state index is -4.45. The van der Waals surface area contributed by atoms with E-state index in [4.69, 9.17) is 0 Å². The Morgan fingerprint density at radius 3 is 2.50 bits per heavy atom. The number of halogens is 3. The highest BCUT2D eigenvalue weighted by Crippen LogP contribution is 2.30. The van der Waals surface area contributed by atoms with Gasteiger partial charge in [0.15, 0.2) is 0 Å². The molecule has 0 spiro atoms. The van der Waals surface area contributed by atoms with E-state index < -0.39 is 17.8 Å². The average molecular weight is 317 g/mol. The van der Waals surface area contributed by atoms with Crippen LogP contribution in [0, 0.1) is 11.8 Å². The molecule has 1 aromatic carbocycles. The lowest BCUT2D eigenvalue weighted by molar-refractivity contribution is -0.137. The standard InChI is InChI=1S/C16H22F3NO2/c1-4-10(2)11(3)15(22)20-9-14(21)12-6-5-7-13(8-12)16(17,18)19/h5-8,10-11,14,21H,4,9H2,1-3H3,(H,20,22). The summed E-state index contributed by atoms with van der Waals surface area (Å²) in [5, 5.41) is 12.5. The van der Waals surface area contributed by atoms with Gasteiger partial charge in [-0.1, -0.05) is 39.3 Å². The van der Waals surface area contributed by atoms with Gasteiger partial charge in [-0.15, -0.1) is 0 Å². The molecule has 0 heterocycles. The Balaban J connectivity index is 2.66. The summed E-state index contributed by atoms with van der Waals surface area (Å²) < 4.78 is 37.9. The van der Waals surface area contributed by atoms with Crippen molar-refractivity contribution in [1.82, 2.24) is 5.32 Å². The molecule has 1 rings (SSSR count). The van der Waals surface area contributed by atoms with Crippen molar-refractivity contribution in [3.8, 4) is 0 Å². The first-order chi connectivity index (χ1) is 10.2. The lowest BCUT2D eigenvalue weighted by Crippen LogP contribution is -2.35. The third-order valence-corrected chi connectivity index (χ3v) is 3.98. The fraction of sp³-hybridized carbons (Fsp3) is 0.562. The molecular weight excluding hydrogens is 295 g/mol. The maximum absolute atomic E-state index is 12.6. The molecule has 0 bridgehead atoms. The van der Waals surface area contributed by atoms with E-state index in [-0.39, 0.29) is 29.9 Å². The minimum Gasteiger partial charge on any atom is -0.387 e. The second-order valence-corrected chi connectivity index (χ2v) is 5.56. The normalized spacial score (nSPS) is 16.0. The number of hydrogen-bond donors (Lipinski definition) is 2. The van der Waals surface area contributed by atoms with Crippen LogP contribution in [0.15, 0.2) is 24.3 Å². The molecule has 1 aromatic rings. The van der Waals surface area contributed by atoms with Crippen LogP contribution >= 0.6 is 0 Å². The lowest BCUT2D eigenvalue weighted by atomic mass is 9.93. The minimum absolute atomic E-state index is 0.110. The van der Waals surface area contributed by atoms with Crippen molar-refractivity contribution in [3.05, 3.63) is 35.4 Å². The van der Waals surface area contributed by atoms with Gasteiger partial charge in [0.25, 0.3) is 0 Å². The van der Waals surface area contributed by atoms with E-state index in [1.54, 1.807) is 6.92 Å². The fourth-order valence-corrected chi connectivity index (χ4v) is 2.01. The zero-order valence-electron chi connectivity index (χ0n) is 12.9. The van der Waals surface area contributed by atoms with Gasteiger partial charge in [-0.25, -0.2) is 0 Å². The predicted molar refractivity (Wildman–Crippen MR) is 78.0 cm³/mol. The zero-order chi connectivity index (χ0) is 16.9. The number of aliphatic hydroxyl groups excluding tert-OH is 1. The van der Waals surface area contributed by atoms with Crippen molar-refractivity contribution in [2.45, 2.75) is 39.5 Å². The van der Waals surface area contributed by atoms with Crippen LogP contribution in [-0.4, -0.2) is 17.6 Å². The number of aliphatic hydroxyl groups is 1. The molecule has 3 nitrogen and oxygen atoms in total. The molecule has 0 aliphatic heterocycles. The van der Waals surface area contributed by atoms with Crippen LogP contribution in [0.3, 0.4) is 0 Å². The van der Waals surface area contributed by atoms with E-state index in [1.807, 2.05) is 13.8 Å². The quantitative estimate of drug-likeness (QED) is 0.843. The van der Waals surface area contributed by atoms with E-state index in [1.165, 1.54) is 12.1 Å². The first kappa shape index (κ1) is 18.5. The molecule has 0 fully saturated rings. The van der Waals surface area contributed by atoms with E-state index in [0.717, 1.165) is 18.6 Å². The van der Waals surface area contributed by atoms with E-state index in [2.05, 4.69) is 5.32 Å². The van der Waals surface area contributed by atoms with Crippen LogP contribution in [0.4, 0.5) is 13.2 Å². The second kappa shape index (κ2) is 7.63. The molecule has 6 heteroatoms. The maximum atomic E-state index is 12.6. The number of carbonyl (C=O) groups excluding carboxylic acids is 1. The highest BCUT2D eigenvalue weighted by Gasteiger charge is 2.31. The van der Waals surface area contributed by atoms with E-state index in [0.29, 0.717) is 0 Å².